The van der Waals surface area contributed by atoms with E-state index in [-0.39, 0.29) is 5.56 Å². The summed E-state index contributed by atoms with van der Waals surface area (Å²) in [7, 11) is 0. The molecule has 1 heterocycles. The van der Waals surface area contributed by atoms with Crippen LogP contribution in [-0.2, 0) is 6.54 Å². The Balaban J connectivity index is 1.70. The van der Waals surface area contributed by atoms with Crippen LogP contribution in [0.3, 0.4) is 0 Å². The van der Waals surface area contributed by atoms with Crippen LogP contribution in [0.2, 0.25) is 0 Å². The van der Waals surface area contributed by atoms with Crippen molar-refractivity contribution in [1.29, 1.82) is 0 Å². The number of nitrogens with one attached hydrogen (secondary N) is 2. The van der Waals surface area contributed by atoms with Gasteiger partial charge in [0.15, 0.2) is 0 Å². The van der Waals surface area contributed by atoms with Crippen molar-refractivity contribution in [3.05, 3.63) is 46.2 Å². The lowest BCUT2D eigenvalue weighted by Crippen LogP contribution is -2.36. The molecule has 0 spiro atoms. The average Bonchev–Trinajstić information content (AvgIpc) is 2.48. The molecule has 0 radical (unpaired) electrons. The molecule has 1 fully saturated rings. The second-order valence-electron chi connectivity index (χ2n) is 6.56. The Labute approximate surface area is 125 Å². The van der Waals surface area contributed by atoms with Gasteiger partial charge < -0.3 is 10.3 Å². The van der Waals surface area contributed by atoms with Gasteiger partial charge in [0, 0.05) is 23.7 Å². The third-order valence-corrected chi connectivity index (χ3v) is 5.01. The molecule has 2 N–H and O–H groups in total. The monoisotopic (exact) mass is 284 g/mol. The van der Waals surface area contributed by atoms with Crippen LogP contribution in [0.5, 0.6) is 0 Å². The number of hydrogen-bond donors (Lipinski definition) is 2. The van der Waals surface area contributed by atoms with E-state index in [9.17, 15) is 4.79 Å². The third-order valence-electron chi connectivity index (χ3n) is 5.01. The Bertz CT molecular complexity index is 676. The highest BCUT2D eigenvalue weighted by atomic mass is 16.1. The van der Waals surface area contributed by atoms with E-state index in [1.807, 2.05) is 30.3 Å². The summed E-state index contributed by atoms with van der Waals surface area (Å²) in [4.78, 5) is 15.1. The fourth-order valence-corrected chi connectivity index (χ4v) is 3.31. The highest BCUT2D eigenvalue weighted by Gasteiger charge is 2.24. The van der Waals surface area contributed by atoms with Crippen molar-refractivity contribution < 1.29 is 0 Å². The standard InChI is InChI=1S/C18H24N2O/c1-12-7-8-16(9-13(12)2)19-11-15-10-14-5-3-4-6-17(14)20-18(15)21/h3-6,10,12-13,16,19H,7-9,11H2,1-2H3,(H,20,21). The number of pyridine rings is 1. The lowest BCUT2D eigenvalue weighted by Gasteiger charge is -2.32. The smallest absolute Gasteiger partial charge is 0.252 e. The maximum atomic E-state index is 12.1. The van der Waals surface area contributed by atoms with Crippen molar-refractivity contribution >= 4 is 10.9 Å². The summed E-state index contributed by atoms with van der Waals surface area (Å²) in [6.07, 6.45) is 3.72. The van der Waals surface area contributed by atoms with E-state index in [0.29, 0.717) is 12.6 Å². The Morgan fingerprint density at radius 2 is 2.00 bits per heavy atom. The molecular formula is C18H24N2O. The Morgan fingerprint density at radius 1 is 1.19 bits per heavy atom. The molecule has 1 aromatic heterocycles. The topological polar surface area (TPSA) is 44.9 Å². The predicted molar refractivity (Wildman–Crippen MR) is 87.4 cm³/mol. The fourth-order valence-electron chi connectivity index (χ4n) is 3.31. The minimum absolute atomic E-state index is 0.0263. The molecule has 0 bridgehead atoms. The first-order valence-corrected chi connectivity index (χ1v) is 7.98. The summed E-state index contributed by atoms with van der Waals surface area (Å²) >= 11 is 0. The van der Waals surface area contributed by atoms with Gasteiger partial charge in [-0.2, -0.15) is 0 Å². The molecule has 2 aromatic rings. The molecular weight excluding hydrogens is 260 g/mol. The van der Waals surface area contributed by atoms with E-state index in [1.165, 1.54) is 19.3 Å². The number of benzene rings is 1. The van der Waals surface area contributed by atoms with E-state index in [1.54, 1.807) is 0 Å². The summed E-state index contributed by atoms with van der Waals surface area (Å²) in [5.41, 5.74) is 1.77. The first-order valence-electron chi connectivity index (χ1n) is 7.98. The summed E-state index contributed by atoms with van der Waals surface area (Å²) in [6, 6.07) is 10.5. The van der Waals surface area contributed by atoms with Gasteiger partial charge in [-0.25, -0.2) is 0 Å². The van der Waals surface area contributed by atoms with Crippen LogP contribution in [0, 0.1) is 11.8 Å². The largest absolute Gasteiger partial charge is 0.322 e. The molecule has 3 nitrogen and oxygen atoms in total. The average molecular weight is 284 g/mol. The van der Waals surface area contributed by atoms with E-state index in [4.69, 9.17) is 0 Å². The Morgan fingerprint density at radius 3 is 2.81 bits per heavy atom. The van der Waals surface area contributed by atoms with Crippen LogP contribution in [-0.4, -0.2) is 11.0 Å². The van der Waals surface area contributed by atoms with Crippen LogP contribution in [0.25, 0.3) is 10.9 Å². The van der Waals surface area contributed by atoms with Crippen LogP contribution < -0.4 is 10.9 Å². The zero-order chi connectivity index (χ0) is 14.8. The van der Waals surface area contributed by atoms with Gasteiger partial charge in [-0.05, 0) is 48.6 Å². The lowest BCUT2D eigenvalue weighted by atomic mass is 9.79. The molecule has 21 heavy (non-hydrogen) atoms. The number of aromatic nitrogens is 1. The van der Waals surface area contributed by atoms with E-state index in [2.05, 4.69) is 24.1 Å². The lowest BCUT2D eigenvalue weighted by molar-refractivity contribution is 0.225. The zero-order valence-electron chi connectivity index (χ0n) is 12.9. The van der Waals surface area contributed by atoms with Gasteiger partial charge in [-0.1, -0.05) is 32.0 Å². The second kappa shape index (κ2) is 6.02. The van der Waals surface area contributed by atoms with Gasteiger partial charge in [0.2, 0.25) is 0 Å². The van der Waals surface area contributed by atoms with E-state index >= 15 is 0 Å². The summed E-state index contributed by atoms with van der Waals surface area (Å²) < 4.78 is 0. The molecule has 1 aliphatic carbocycles. The Kier molecular flexibility index (Phi) is 4.11. The van der Waals surface area contributed by atoms with Gasteiger partial charge >= 0.3 is 0 Å². The molecule has 1 aromatic carbocycles. The van der Waals surface area contributed by atoms with Crippen molar-refractivity contribution in [1.82, 2.24) is 10.3 Å². The van der Waals surface area contributed by atoms with Gasteiger partial charge in [0.25, 0.3) is 5.56 Å². The van der Waals surface area contributed by atoms with Gasteiger partial charge in [-0.15, -0.1) is 0 Å². The van der Waals surface area contributed by atoms with Gasteiger partial charge in [0.1, 0.15) is 0 Å². The minimum atomic E-state index is 0.0263. The molecule has 112 valence electrons. The van der Waals surface area contributed by atoms with E-state index in [0.717, 1.165) is 28.3 Å². The predicted octanol–water partition coefficient (Wildman–Crippen LogP) is 3.44. The molecule has 3 heteroatoms. The minimum Gasteiger partial charge on any atom is -0.322 e. The highest BCUT2D eigenvalue weighted by molar-refractivity contribution is 5.78. The first kappa shape index (κ1) is 14.3. The van der Waals surface area contributed by atoms with Crippen molar-refractivity contribution in [2.75, 3.05) is 0 Å². The second-order valence-corrected chi connectivity index (χ2v) is 6.56. The number of para-hydroxylation sites is 1. The van der Waals surface area contributed by atoms with Crippen LogP contribution in [0.15, 0.2) is 35.1 Å². The van der Waals surface area contributed by atoms with E-state index < -0.39 is 0 Å². The van der Waals surface area contributed by atoms with Crippen molar-refractivity contribution in [2.24, 2.45) is 11.8 Å². The van der Waals surface area contributed by atoms with Crippen molar-refractivity contribution in [2.45, 2.75) is 45.7 Å². The SMILES string of the molecule is CC1CCC(NCc2cc3ccccc3[nH]c2=O)CC1C. The summed E-state index contributed by atoms with van der Waals surface area (Å²) in [5, 5.41) is 4.67. The van der Waals surface area contributed by atoms with Gasteiger partial charge in [0.05, 0.1) is 0 Å². The number of aromatic amines is 1. The zero-order valence-corrected chi connectivity index (χ0v) is 12.9. The maximum absolute atomic E-state index is 12.1. The van der Waals surface area contributed by atoms with Crippen LogP contribution >= 0.6 is 0 Å². The first-order chi connectivity index (χ1) is 10.1. The number of hydrogen-bond acceptors (Lipinski definition) is 2. The molecule has 0 amide bonds. The third kappa shape index (κ3) is 3.18. The maximum Gasteiger partial charge on any atom is 0.252 e. The normalized spacial score (nSPS) is 26.1. The summed E-state index contributed by atoms with van der Waals surface area (Å²) in [5.74, 6) is 1.60. The van der Waals surface area contributed by atoms with Crippen LogP contribution in [0.1, 0.15) is 38.7 Å². The quantitative estimate of drug-likeness (QED) is 0.907. The van der Waals surface area contributed by atoms with Gasteiger partial charge in [-0.3, -0.25) is 4.79 Å². The molecule has 0 aliphatic heterocycles. The molecule has 3 unspecified atom stereocenters. The number of fused-ring (bicyclic) bond motifs is 1. The van der Waals surface area contributed by atoms with Crippen molar-refractivity contribution in [3.63, 3.8) is 0 Å². The Hall–Kier alpha value is -1.61. The number of H-pyrrole nitrogens is 1. The molecule has 3 rings (SSSR count). The van der Waals surface area contributed by atoms with Crippen LogP contribution in [0.4, 0.5) is 0 Å². The molecule has 1 aliphatic rings. The summed E-state index contributed by atoms with van der Waals surface area (Å²) in [6.45, 7) is 5.34. The molecule has 1 saturated carbocycles. The highest BCUT2D eigenvalue weighted by Crippen LogP contribution is 2.29. The fraction of sp³-hybridized carbons (Fsp3) is 0.500. The molecule has 0 saturated heterocycles. The number of rotatable bonds is 3. The molecule has 3 atom stereocenters. The van der Waals surface area contributed by atoms with Crippen molar-refractivity contribution in [3.8, 4) is 0 Å².